The number of amides is 2. The summed E-state index contributed by atoms with van der Waals surface area (Å²) in [5.74, 6) is 0.0787. The maximum absolute atomic E-state index is 12.3. The summed E-state index contributed by atoms with van der Waals surface area (Å²) < 4.78 is 5.29. The summed E-state index contributed by atoms with van der Waals surface area (Å²) in [4.78, 5) is 23.3. The number of methoxy groups -OCH3 is 1. The number of anilines is 1. The predicted molar refractivity (Wildman–Crippen MR) is 85.1 cm³/mol. The molecule has 1 aliphatic heterocycles. The highest BCUT2D eigenvalue weighted by atomic mass is 16.5. The van der Waals surface area contributed by atoms with E-state index in [-0.39, 0.29) is 23.7 Å². The number of carbonyl (C=O) groups is 2. The summed E-state index contributed by atoms with van der Waals surface area (Å²) in [6.45, 7) is 6.30. The molecule has 0 fully saturated rings. The number of hydrazone groups is 1. The molecule has 0 unspecified atom stereocenters. The molecule has 0 saturated heterocycles. The molecule has 0 atom stereocenters. The predicted octanol–water partition coefficient (Wildman–Crippen LogP) is 2.20. The Kier molecular flexibility index (Phi) is 4.49. The van der Waals surface area contributed by atoms with Gasteiger partial charge in [0.1, 0.15) is 11.5 Å². The van der Waals surface area contributed by atoms with Crippen LogP contribution in [0.25, 0.3) is 0 Å². The van der Waals surface area contributed by atoms with Crippen molar-refractivity contribution in [3.8, 4) is 5.75 Å². The topological polar surface area (TPSA) is 79.8 Å². The number of carbonyl (C=O) groups excluding carboxylic acids is 2. The van der Waals surface area contributed by atoms with E-state index in [4.69, 9.17) is 4.74 Å². The number of ether oxygens (including phenoxy) is 1. The van der Waals surface area contributed by atoms with E-state index in [0.29, 0.717) is 23.6 Å². The van der Waals surface area contributed by atoms with Crippen LogP contribution in [0.5, 0.6) is 5.75 Å². The third-order valence-corrected chi connectivity index (χ3v) is 3.48. The van der Waals surface area contributed by atoms with Crippen LogP contribution in [0.15, 0.2) is 23.3 Å². The lowest BCUT2D eigenvalue weighted by atomic mass is 9.87. The van der Waals surface area contributed by atoms with Crippen molar-refractivity contribution >= 4 is 23.2 Å². The summed E-state index contributed by atoms with van der Waals surface area (Å²) >= 11 is 0. The lowest BCUT2D eigenvalue weighted by molar-refractivity contribution is -0.121. The molecular formula is C16H21N3O3. The fourth-order valence-electron chi connectivity index (χ4n) is 2.10. The molecule has 0 saturated carbocycles. The van der Waals surface area contributed by atoms with Crippen molar-refractivity contribution in [2.24, 2.45) is 5.10 Å². The van der Waals surface area contributed by atoms with Gasteiger partial charge >= 0.3 is 0 Å². The van der Waals surface area contributed by atoms with Gasteiger partial charge in [-0.25, -0.2) is 5.43 Å². The van der Waals surface area contributed by atoms with Gasteiger partial charge in [-0.3, -0.25) is 9.59 Å². The van der Waals surface area contributed by atoms with Gasteiger partial charge in [0.2, 0.25) is 5.91 Å². The molecule has 0 radical (unpaired) electrons. The normalized spacial score (nSPS) is 14.9. The van der Waals surface area contributed by atoms with Crippen molar-refractivity contribution in [1.29, 1.82) is 0 Å². The molecule has 1 aliphatic rings. The van der Waals surface area contributed by atoms with Gasteiger partial charge in [-0.2, -0.15) is 5.10 Å². The minimum Gasteiger partial charge on any atom is -0.495 e. The van der Waals surface area contributed by atoms with Crippen LogP contribution < -0.4 is 15.5 Å². The smallest absolute Gasteiger partial charge is 0.271 e. The second-order valence-corrected chi connectivity index (χ2v) is 6.21. The van der Waals surface area contributed by atoms with Gasteiger partial charge in [0.15, 0.2) is 0 Å². The third-order valence-electron chi connectivity index (χ3n) is 3.48. The van der Waals surface area contributed by atoms with Gasteiger partial charge in [0.05, 0.1) is 12.8 Å². The largest absolute Gasteiger partial charge is 0.495 e. The Balaban J connectivity index is 2.24. The second-order valence-electron chi connectivity index (χ2n) is 6.21. The Morgan fingerprint density at radius 3 is 2.59 bits per heavy atom. The average Bonchev–Trinajstić information content (AvgIpc) is 2.46. The van der Waals surface area contributed by atoms with Gasteiger partial charge in [-0.05, 0) is 23.1 Å². The van der Waals surface area contributed by atoms with Crippen LogP contribution in [0.4, 0.5) is 5.69 Å². The molecule has 2 rings (SSSR count). The van der Waals surface area contributed by atoms with Crippen LogP contribution in [0, 0.1) is 0 Å². The minimum atomic E-state index is -0.329. The number of hydrogen-bond acceptors (Lipinski definition) is 4. The molecule has 1 aromatic carbocycles. The molecule has 1 heterocycles. The van der Waals surface area contributed by atoms with Gasteiger partial charge in [0, 0.05) is 12.8 Å². The van der Waals surface area contributed by atoms with E-state index in [1.165, 1.54) is 0 Å². The highest BCUT2D eigenvalue weighted by Crippen LogP contribution is 2.31. The Morgan fingerprint density at radius 2 is 2.05 bits per heavy atom. The van der Waals surface area contributed by atoms with Gasteiger partial charge < -0.3 is 10.1 Å². The number of nitrogens with zero attached hydrogens (tertiary/aromatic N) is 1. The lowest BCUT2D eigenvalue weighted by Crippen LogP contribution is -2.32. The Hall–Kier alpha value is -2.37. The van der Waals surface area contributed by atoms with Crippen LogP contribution >= 0.6 is 0 Å². The zero-order valence-corrected chi connectivity index (χ0v) is 13.3. The van der Waals surface area contributed by atoms with E-state index < -0.39 is 0 Å². The Bertz CT molecular complexity index is 630. The van der Waals surface area contributed by atoms with E-state index in [1.807, 2.05) is 18.2 Å². The van der Waals surface area contributed by atoms with E-state index in [2.05, 4.69) is 36.6 Å². The molecule has 2 amide bonds. The average molecular weight is 303 g/mol. The molecule has 2 N–H and O–H groups in total. The molecule has 6 nitrogen and oxygen atoms in total. The molecular weight excluding hydrogens is 282 g/mol. The van der Waals surface area contributed by atoms with Crippen molar-refractivity contribution in [3.63, 3.8) is 0 Å². The van der Waals surface area contributed by atoms with Crippen molar-refractivity contribution in [2.45, 2.75) is 39.0 Å². The molecule has 118 valence electrons. The van der Waals surface area contributed by atoms with Crippen LogP contribution in [0.3, 0.4) is 0 Å². The van der Waals surface area contributed by atoms with Crippen LogP contribution in [0.2, 0.25) is 0 Å². The van der Waals surface area contributed by atoms with Crippen LogP contribution in [-0.4, -0.2) is 24.6 Å². The van der Waals surface area contributed by atoms with Crippen molar-refractivity contribution < 1.29 is 14.3 Å². The highest BCUT2D eigenvalue weighted by Gasteiger charge is 2.21. The standard InChI is InChI=1S/C16H21N3O3/c1-16(2,3)10-5-7-13(22-4)12(9-10)17-15(21)11-6-8-14(20)19-18-11/h5,7,9H,6,8H2,1-4H3,(H,17,21)(H,19,20). The fourth-order valence-corrected chi connectivity index (χ4v) is 2.10. The first-order chi connectivity index (χ1) is 10.3. The molecule has 0 bridgehead atoms. The van der Waals surface area contributed by atoms with Gasteiger partial charge in [-0.1, -0.05) is 26.8 Å². The lowest BCUT2D eigenvalue weighted by Gasteiger charge is -2.21. The SMILES string of the molecule is COc1ccc(C(C)(C)C)cc1NC(=O)C1=NNC(=O)CC1. The number of rotatable bonds is 3. The van der Waals surface area contributed by atoms with E-state index >= 15 is 0 Å². The monoisotopic (exact) mass is 303 g/mol. The highest BCUT2D eigenvalue weighted by molar-refractivity contribution is 6.43. The Labute approximate surface area is 129 Å². The number of nitrogens with one attached hydrogen (secondary N) is 2. The maximum atomic E-state index is 12.3. The molecule has 1 aromatic rings. The fraction of sp³-hybridized carbons (Fsp3) is 0.438. The summed E-state index contributed by atoms with van der Waals surface area (Å²) in [5.41, 5.74) is 4.27. The van der Waals surface area contributed by atoms with Crippen molar-refractivity contribution in [3.05, 3.63) is 23.8 Å². The van der Waals surface area contributed by atoms with Crippen molar-refractivity contribution in [2.75, 3.05) is 12.4 Å². The molecule has 6 heteroatoms. The number of hydrogen-bond donors (Lipinski definition) is 2. The quantitative estimate of drug-likeness (QED) is 0.898. The second kappa shape index (κ2) is 6.17. The van der Waals surface area contributed by atoms with E-state index in [9.17, 15) is 9.59 Å². The van der Waals surface area contributed by atoms with E-state index in [0.717, 1.165) is 5.56 Å². The third kappa shape index (κ3) is 3.63. The summed E-state index contributed by atoms with van der Waals surface area (Å²) in [7, 11) is 1.56. The zero-order valence-electron chi connectivity index (χ0n) is 13.3. The summed E-state index contributed by atoms with van der Waals surface area (Å²) in [6, 6.07) is 5.71. The first kappa shape index (κ1) is 16.0. The van der Waals surface area contributed by atoms with Crippen molar-refractivity contribution in [1.82, 2.24) is 5.43 Å². The van der Waals surface area contributed by atoms with Gasteiger partial charge in [-0.15, -0.1) is 0 Å². The summed E-state index contributed by atoms with van der Waals surface area (Å²) in [5, 5.41) is 6.61. The minimum absolute atomic E-state index is 0.0396. The maximum Gasteiger partial charge on any atom is 0.271 e. The zero-order chi connectivity index (χ0) is 16.3. The number of benzene rings is 1. The van der Waals surface area contributed by atoms with Crippen LogP contribution in [0.1, 0.15) is 39.2 Å². The van der Waals surface area contributed by atoms with Crippen LogP contribution in [-0.2, 0) is 15.0 Å². The molecule has 0 aromatic heterocycles. The first-order valence-electron chi connectivity index (χ1n) is 7.16. The molecule has 0 spiro atoms. The molecule has 22 heavy (non-hydrogen) atoms. The first-order valence-corrected chi connectivity index (χ1v) is 7.16. The van der Waals surface area contributed by atoms with E-state index in [1.54, 1.807) is 7.11 Å². The molecule has 0 aliphatic carbocycles. The Morgan fingerprint density at radius 1 is 1.32 bits per heavy atom. The summed E-state index contributed by atoms with van der Waals surface area (Å²) in [6.07, 6.45) is 0.602. The van der Waals surface area contributed by atoms with Gasteiger partial charge in [0.25, 0.3) is 5.91 Å².